The van der Waals surface area contributed by atoms with Gasteiger partial charge in [-0.3, -0.25) is 4.99 Å². The van der Waals surface area contributed by atoms with E-state index in [2.05, 4.69) is 31.6 Å². The lowest BCUT2D eigenvalue weighted by Crippen LogP contribution is -2.46. The molecule has 0 unspecified atom stereocenters. The molecule has 6 heteroatoms. The van der Waals surface area contributed by atoms with E-state index in [4.69, 9.17) is 4.74 Å². The standard InChI is InChI=1S/C17H25BrFN3O/c1-20-16(21-11-13-10-14(19)4-5-15(13)18)22-12-17(6-3-7-17)8-9-23-2/h4-5,10H,3,6-9,11-12H2,1-2H3,(H2,20,21,22). The summed E-state index contributed by atoms with van der Waals surface area (Å²) in [6.07, 6.45) is 4.82. The van der Waals surface area contributed by atoms with Crippen molar-refractivity contribution in [3.8, 4) is 0 Å². The molecule has 0 saturated heterocycles. The minimum atomic E-state index is -0.235. The van der Waals surface area contributed by atoms with Crippen molar-refractivity contribution in [2.75, 3.05) is 27.3 Å². The number of nitrogens with one attached hydrogen (secondary N) is 2. The van der Waals surface area contributed by atoms with Crippen LogP contribution in [0, 0.1) is 11.2 Å². The molecule has 2 N–H and O–H groups in total. The molecule has 0 bridgehead atoms. The van der Waals surface area contributed by atoms with Gasteiger partial charge in [0.25, 0.3) is 0 Å². The molecular weight excluding hydrogens is 361 g/mol. The van der Waals surface area contributed by atoms with Crippen molar-refractivity contribution in [3.63, 3.8) is 0 Å². The number of aliphatic imine (C=N–C) groups is 1. The van der Waals surface area contributed by atoms with Crippen LogP contribution in [0.1, 0.15) is 31.2 Å². The molecule has 0 atom stereocenters. The Balaban J connectivity index is 1.85. The Labute approximate surface area is 146 Å². The lowest BCUT2D eigenvalue weighted by molar-refractivity contribution is 0.0732. The summed E-state index contributed by atoms with van der Waals surface area (Å²) in [4.78, 5) is 4.25. The number of methoxy groups -OCH3 is 1. The number of hydrogen-bond acceptors (Lipinski definition) is 2. The third-order valence-electron chi connectivity index (χ3n) is 4.56. The van der Waals surface area contributed by atoms with Gasteiger partial charge in [-0.2, -0.15) is 0 Å². The molecule has 23 heavy (non-hydrogen) atoms. The van der Waals surface area contributed by atoms with Crippen molar-refractivity contribution in [3.05, 3.63) is 34.1 Å². The summed E-state index contributed by atoms with van der Waals surface area (Å²) in [6, 6.07) is 4.68. The fraction of sp³-hybridized carbons (Fsp3) is 0.588. The Morgan fingerprint density at radius 1 is 1.39 bits per heavy atom. The van der Waals surface area contributed by atoms with Gasteiger partial charge in [0.2, 0.25) is 0 Å². The molecule has 128 valence electrons. The number of ether oxygens (including phenoxy) is 1. The number of benzene rings is 1. The first-order valence-electron chi connectivity index (χ1n) is 7.96. The number of hydrogen-bond donors (Lipinski definition) is 2. The van der Waals surface area contributed by atoms with Crippen LogP contribution >= 0.6 is 15.9 Å². The van der Waals surface area contributed by atoms with Crippen LogP contribution in [-0.2, 0) is 11.3 Å². The molecular formula is C17H25BrFN3O. The minimum absolute atomic E-state index is 0.235. The van der Waals surface area contributed by atoms with Gasteiger partial charge < -0.3 is 15.4 Å². The fourth-order valence-electron chi connectivity index (χ4n) is 2.86. The number of rotatable bonds is 7. The first kappa shape index (κ1) is 18.2. The van der Waals surface area contributed by atoms with Crippen LogP contribution in [0.3, 0.4) is 0 Å². The Morgan fingerprint density at radius 3 is 2.78 bits per heavy atom. The van der Waals surface area contributed by atoms with E-state index in [9.17, 15) is 4.39 Å². The quantitative estimate of drug-likeness (QED) is 0.557. The summed E-state index contributed by atoms with van der Waals surface area (Å²) in [5.74, 6) is 0.505. The first-order valence-corrected chi connectivity index (χ1v) is 8.75. The molecule has 1 aliphatic carbocycles. The Hall–Kier alpha value is -1.14. The van der Waals surface area contributed by atoms with Gasteiger partial charge in [-0.15, -0.1) is 0 Å². The van der Waals surface area contributed by atoms with E-state index in [-0.39, 0.29) is 5.82 Å². The molecule has 1 fully saturated rings. The lowest BCUT2D eigenvalue weighted by Gasteiger charge is -2.42. The molecule has 1 aromatic carbocycles. The number of nitrogens with zero attached hydrogens (tertiary/aromatic N) is 1. The average Bonchev–Trinajstić information content (AvgIpc) is 2.51. The molecule has 1 saturated carbocycles. The average molecular weight is 386 g/mol. The zero-order valence-corrected chi connectivity index (χ0v) is 15.4. The van der Waals surface area contributed by atoms with Gasteiger partial charge in [0.1, 0.15) is 5.82 Å². The van der Waals surface area contributed by atoms with E-state index in [0.717, 1.165) is 35.6 Å². The highest BCUT2D eigenvalue weighted by atomic mass is 79.9. The molecule has 2 rings (SSSR count). The summed E-state index contributed by atoms with van der Waals surface area (Å²) >= 11 is 3.44. The smallest absolute Gasteiger partial charge is 0.191 e. The van der Waals surface area contributed by atoms with Crippen molar-refractivity contribution < 1.29 is 9.13 Å². The zero-order valence-electron chi connectivity index (χ0n) is 13.8. The lowest BCUT2D eigenvalue weighted by atomic mass is 9.67. The van der Waals surface area contributed by atoms with Crippen molar-refractivity contribution in [2.45, 2.75) is 32.2 Å². The molecule has 4 nitrogen and oxygen atoms in total. The Kier molecular flexibility index (Phi) is 6.84. The van der Waals surface area contributed by atoms with Crippen LogP contribution < -0.4 is 10.6 Å². The van der Waals surface area contributed by atoms with Crippen molar-refractivity contribution in [2.24, 2.45) is 10.4 Å². The molecule has 1 aliphatic rings. The highest BCUT2D eigenvalue weighted by Crippen LogP contribution is 2.43. The van der Waals surface area contributed by atoms with Crippen molar-refractivity contribution >= 4 is 21.9 Å². The molecule has 0 aromatic heterocycles. The van der Waals surface area contributed by atoms with E-state index >= 15 is 0 Å². The molecule has 0 radical (unpaired) electrons. The van der Waals surface area contributed by atoms with Crippen LogP contribution in [-0.4, -0.2) is 33.3 Å². The zero-order chi connectivity index (χ0) is 16.7. The topological polar surface area (TPSA) is 45.7 Å². The van der Waals surface area contributed by atoms with E-state index in [1.54, 1.807) is 20.2 Å². The van der Waals surface area contributed by atoms with Crippen LogP contribution in [0.5, 0.6) is 0 Å². The van der Waals surface area contributed by atoms with E-state index < -0.39 is 0 Å². The second-order valence-electron chi connectivity index (χ2n) is 6.11. The highest BCUT2D eigenvalue weighted by Gasteiger charge is 2.36. The summed E-state index contributed by atoms with van der Waals surface area (Å²) in [7, 11) is 3.50. The number of guanidine groups is 1. The van der Waals surface area contributed by atoms with Gasteiger partial charge in [-0.25, -0.2) is 4.39 Å². The van der Waals surface area contributed by atoms with Crippen LogP contribution in [0.4, 0.5) is 4.39 Å². The largest absolute Gasteiger partial charge is 0.385 e. The summed E-state index contributed by atoms with van der Waals surface area (Å²) in [6.45, 7) is 2.20. The second-order valence-corrected chi connectivity index (χ2v) is 6.97. The predicted octanol–water partition coefficient (Wildman–Crippen LogP) is 3.46. The van der Waals surface area contributed by atoms with E-state index in [1.807, 2.05) is 0 Å². The van der Waals surface area contributed by atoms with E-state index in [1.165, 1.54) is 31.4 Å². The summed E-state index contributed by atoms with van der Waals surface area (Å²) < 4.78 is 19.4. The maximum Gasteiger partial charge on any atom is 0.191 e. The second kappa shape index (κ2) is 8.64. The Morgan fingerprint density at radius 2 is 2.17 bits per heavy atom. The van der Waals surface area contributed by atoms with E-state index in [0.29, 0.717) is 12.0 Å². The highest BCUT2D eigenvalue weighted by molar-refractivity contribution is 9.10. The Bertz CT molecular complexity index is 547. The monoisotopic (exact) mass is 385 g/mol. The summed E-state index contributed by atoms with van der Waals surface area (Å²) in [5.41, 5.74) is 1.19. The van der Waals surface area contributed by atoms with Crippen molar-refractivity contribution in [1.82, 2.24) is 10.6 Å². The normalized spacial score (nSPS) is 16.8. The van der Waals surface area contributed by atoms with Gasteiger partial charge >= 0.3 is 0 Å². The first-order chi connectivity index (χ1) is 11.1. The van der Waals surface area contributed by atoms with Gasteiger partial charge in [-0.1, -0.05) is 22.4 Å². The molecule has 0 amide bonds. The maximum atomic E-state index is 13.3. The SMILES string of the molecule is CN=C(NCc1cc(F)ccc1Br)NCC1(CCOC)CCC1. The van der Waals surface area contributed by atoms with Gasteiger partial charge in [0.15, 0.2) is 5.96 Å². The maximum absolute atomic E-state index is 13.3. The molecule has 0 spiro atoms. The fourth-order valence-corrected chi connectivity index (χ4v) is 3.25. The van der Waals surface area contributed by atoms with Gasteiger partial charge in [0, 0.05) is 38.3 Å². The van der Waals surface area contributed by atoms with Crippen LogP contribution in [0.15, 0.2) is 27.7 Å². The third kappa shape index (κ3) is 5.18. The van der Waals surface area contributed by atoms with Gasteiger partial charge in [-0.05, 0) is 48.4 Å². The minimum Gasteiger partial charge on any atom is -0.385 e. The van der Waals surface area contributed by atoms with Crippen LogP contribution in [0.2, 0.25) is 0 Å². The third-order valence-corrected chi connectivity index (χ3v) is 5.33. The molecule has 0 aliphatic heterocycles. The van der Waals surface area contributed by atoms with Gasteiger partial charge in [0.05, 0.1) is 0 Å². The molecule has 1 aromatic rings. The van der Waals surface area contributed by atoms with Crippen LogP contribution in [0.25, 0.3) is 0 Å². The predicted molar refractivity (Wildman–Crippen MR) is 95.1 cm³/mol. The summed E-state index contributed by atoms with van der Waals surface area (Å²) in [5, 5.41) is 6.64. The number of halogens is 2. The van der Waals surface area contributed by atoms with Crippen molar-refractivity contribution in [1.29, 1.82) is 0 Å². The molecule has 0 heterocycles.